The van der Waals surface area contributed by atoms with Crippen LogP contribution in [-0.4, -0.2) is 5.91 Å². The lowest BCUT2D eigenvalue weighted by Crippen LogP contribution is -2.13. The molecule has 2 rings (SSSR count). The highest BCUT2D eigenvalue weighted by molar-refractivity contribution is 6.04. The van der Waals surface area contributed by atoms with Gasteiger partial charge in [-0.15, -0.1) is 0 Å². The molecule has 0 aliphatic rings. The van der Waals surface area contributed by atoms with Crippen molar-refractivity contribution in [1.29, 1.82) is 0 Å². The predicted octanol–water partition coefficient (Wildman–Crippen LogP) is 3.95. The minimum atomic E-state index is -0.496. The van der Waals surface area contributed by atoms with E-state index in [1.54, 1.807) is 19.1 Å². The first-order valence-corrected chi connectivity index (χ1v) is 6.26. The van der Waals surface area contributed by atoms with Gasteiger partial charge in [0.05, 0.1) is 5.56 Å². The van der Waals surface area contributed by atoms with Crippen LogP contribution in [0.4, 0.5) is 10.1 Å². The average Bonchev–Trinajstić information content (AvgIpc) is 2.38. The van der Waals surface area contributed by atoms with E-state index in [0.29, 0.717) is 5.69 Å². The molecule has 0 aromatic heterocycles. The third-order valence-corrected chi connectivity index (χ3v) is 2.96. The van der Waals surface area contributed by atoms with Crippen molar-refractivity contribution in [3.05, 3.63) is 65.0 Å². The van der Waals surface area contributed by atoms with E-state index in [9.17, 15) is 9.18 Å². The number of benzene rings is 2. The number of amides is 1. The number of carbonyl (C=O) groups is 1. The van der Waals surface area contributed by atoms with Crippen molar-refractivity contribution in [3.8, 4) is 0 Å². The maximum absolute atomic E-state index is 13.7. The lowest BCUT2D eigenvalue weighted by Gasteiger charge is -2.08. The van der Waals surface area contributed by atoms with Crippen molar-refractivity contribution < 1.29 is 9.18 Å². The third kappa shape index (κ3) is 3.19. The number of rotatable bonds is 3. The summed E-state index contributed by atoms with van der Waals surface area (Å²) in [4.78, 5) is 12.0. The number of halogens is 1. The molecule has 0 saturated heterocycles. The molecule has 0 aliphatic carbocycles. The van der Waals surface area contributed by atoms with Crippen LogP contribution in [0.2, 0.25) is 0 Å². The third-order valence-electron chi connectivity index (χ3n) is 2.96. The zero-order valence-electron chi connectivity index (χ0n) is 11.0. The Morgan fingerprint density at radius 1 is 1.21 bits per heavy atom. The molecule has 3 heteroatoms. The molecule has 0 bridgehead atoms. The van der Waals surface area contributed by atoms with Gasteiger partial charge in [0.15, 0.2) is 0 Å². The molecule has 98 valence electrons. The van der Waals surface area contributed by atoms with Gasteiger partial charge in [0, 0.05) is 5.69 Å². The van der Waals surface area contributed by atoms with Crippen molar-refractivity contribution in [2.75, 3.05) is 5.32 Å². The summed E-state index contributed by atoms with van der Waals surface area (Å²) in [6.45, 7) is 3.83. The van der Waals surface area contributed by atoms with Crippen LogP contribution in [0, 0.1) is 12.7 Å². The molecular formula is C16H16FNO. The van der Waals surface area contributed by atoms with Gasteiger partial charge in [0.2, 0.25) is 0 Å². The molecule has 1 amide bonds. The molecular weight excluding hydrogens is 241 g/mol. The number of carbonyl (C=O) groups excluding carboxylic acids is 1. The van der Waals surface area contributed by atoms with Crippen LogP contribution in [0.25, 0.3) is 0 Å². The molecule has 0 unspecified atom stereocenters. The van der Waals surface area contributed by atoms with Gasteiger partial charge in [-0.3, -0.25) is 4.79 Å². The van der Waals surface area contributed by atoms with E-state index < -0.39 is 11.7 Å². The minimum Gasteiger partial charge on any atom is -0.322 e. The molecule has 1 N–H and O–H groups in total. The van der Waals surface area contributed by atoms with Crippen molar-refractivity contribution >= 4 is 11.6 Å². The molecule has 0 spiro atoms. The molecule has 0 radical (unpaired) electrons. The average molecular weight is 257 g/mol. The lowest BCUT2D eigenvalue weighted by molar-refractivity contribution is 0.102. The molecule has 0 heterocycles. The zero-order valence-corrected chi connectivity index (χ0v) is 11.0. The number of nitrogens with one attached hydrogen (secondary N) is 1. The first-order valence-electron chi connectivity index (χ1n) is 6.26. The Kier molecular flexibility index (Phi) is 3.95. The molecule has 2 aromatic rings. The van der Waals surface area contributed by atoms with Crippen molar-refractivity contribution in [2.45, 2.75) is 20.3 Å². The van der Waals surface area contributed by atoms with Crippen LogP contribution >= 0.6 is 0 Å². The first-order chi connectivity index (χ1) is 9.10. The van der Waals surface area contributed by atoms with Gasteiger partial charge in [0.25, 0.3) is 5.91 Å². The minimum absolute atomic E-state index is 0.0625. The second-order valence-electron chi connectivity index (χ2n) is 4.49. The van der Waals surface area contributed by atoms with Crippen molar-refractivity contribution in [3.63, 3.8) is 0 Å². The maximum atomic E-state index is 13.7. The highest BCUT2D eigenvalue weighted by atomic mass is 19.1. The topological polar surface area (TPSA) is 29.1 Å². The fourth-order valence-electron chi connectivity index (χ4n) is 1.87. The van der Waals surface area contributed by atoms with Gasteiger partial charge in [-0.25, -0.2) is 4.39 Å². The second-order valence-corrected chi connectivity index (χ2v) is 4.49. The van der Waals surface area contributed by atoms with E-state index in [-0.39, 0.29) is 5.56 Å². The van der Waals surface area contributed by atoms with Gasteiger partial charge < -0.3 is 5.32 Å². The van der Waals surface area contributed by atoms with Crippen molar-refractivity contribution in [1.82, 2.24) is 0 Å². The van der Waals surface area contributed by atoms with E-state index in [1.165, 1.54) is 12.1 Å². The fraction of sp³-hybridized carbons (Fsp3) is 0.188. The summed E-state index contributed by atoms with van der Waals surface area (Å²) in [5.41, 5.74) is 2.67. The standard InChI is InChI=1S/C16H16FNO/c1-3-12-5-4-6-13(10-12)18-16(19)14-8-7-11(2)9-15(14)17/h4-10H,3H2,1-2H3,(H,18,19). The van der Waals surface area contributed by atoms with E-state index >= 15 is 0 Å². The van der Waals surface area contributed by atoms with Crippen LogP contribution < -0.4 is 5.32 Å². The van der Waals surface area contributed by atoms with Gasteiger partial charge >= 0.3 is 0 Å². The number of hydrogen-bond donors (Lipinski definition) is 1. The van der Waals surface area contributed by atoms with Gasteiger partial charge in [-0.2, -0.15) is 0 Å². The summed E-state index contributed by atoms with van der Waals surface area (Å²) >= 11 is 0. The molecule has 0 atom stereocenters. The molecule has 19 heavy (non-hydrogen) atoms. The van der Waals surface area contributed by atoms with Gasteiger partial charge in [0.1, 0.15) is 5.82 Å². The molecule has 2 nitrogen and oxygen atoms in total. The van der Waals surface area contributed by atoms with E-state index in [2.05, 4.69) is 5.32 Å². The monoisotopic (exact) mass is 257 g/mol. The highest BCUT2D eigenvalue weighted by Gasteiger charge is 2.11. The molecule has 0 aliphatic heterocycles. The van der Waals surface area contributed by atoms with Gasteiger partial charge in [-0.1, -0.05) is 25.1 Å². The van der Waals surface area contributed by atoms with Crippen LogP contribution in [0.1, 0.15) is 28.4 Å². The summed E-state index contributed by atoms with van der Waals surface area (Å²) in [6.07, 6.45) is 0.891. The molecule has 0 saturated carbocycles. The number of anilines is 1. The van der Waals surface area contributed by atoms with E-state index in [4.69, 9.17) is 0 Å². The summed E-state index contributed by atoms with van der Waals surface area (Å²) < 4.78 is 13.7. The zero-order chi connectivity index (χ0) is 13.8. The largest absolute Gasteiger partial charge is 0.322 e. The van der Waals surface area contributed by atoms with E-state index in [0.717, 1.165) is 17.5 Å². The Labute approximate surface area is 112 Å². The van der Waals surface area contributed by atoms with Crippen LogP contribution in [0.3, 0.4) is 0 Å². The lowest BCUT2D eigenvalue weighted by atomic mass is 10.1. The quantitative estimate of drug-likeness (QED) is 0.886. The van der Waals surface area contributed by atoms with E-state index in [1.807, 2.05) is 25.1 Å². The highest BCUT2D eigenvalue weighted by Crippen LogP contribution is 2.15. The Morgan fingerprint density at radius 2 is 2.00 bits per heavy atom. The Hall–Kier alpha value is -2.16. The smallest absolute Gasteiger partial charge is 0.258 e. The Morgan fingerprint density at radius 3 is 2.68 bits per heavy atom. The Balaban J connectivity index is 2.20. The predicted molar refractivity (Wildman–Crippen MR) is 74.9 cm³/mol. The normalized spacial score (nSPS) is 10.3. The van der Waals surface area contributed by atoms with Crippen LogP contribution in [0.5, 0.6) is 0 Å². The SMILES string of the molecule is CCc1cccc(NC(=O)c2ccc(C)cc2F)c1. The Bertz CT molecular complexity index is 607. The number of hydrogen-bond acceptors (Lipinski definition) is 1. The van der Waals surface area contributed by atoms with Crippen molar-refractivity contribution in [2.24, 2.45) is 0 Å². The van der Waals surface area contributed by atoms with Crippen LogP contribution in [0.15, 0.2) is 42.5 Å². The second kappa shape index (κ2) is 5.65. The maximum Gasteiger partial charge on any atom is 0.258 e. The first kappa shape index (κ1) is 13.3. The fourth-order valence-corrected chi connectivity index (χ4v) is 1.87. The summed E-state index contributed by atoms with van der Waals surface area (Å²) in [6, 6.07) is 12.1. The van der Waals surface area contributed by atoms with Gasteiger partial charge in [-0.05, 0) is 48.7 Å². The summed E-state index contributed by atoms with van der Waals surface area (Å²) in [5.74, 6) is -0.921. The molecule has 0 fully saturated rings. The summed E-state index contributed by atoms with van der Waals surface area (Å²) in [7, 11) is 0. The van der Waals surface area contributed by atoms with Crippen LogP contribution in [-0.2, 0) is 6.42 Å². The molecule has 2 aromatic carbocycles. The number of aryl methyl sites for hydroxylation is 2. The summed E-state index contributed by atoms with van der Waals surface area (Å²) in [5, 5.41) is 2.71.